The van der Waals surface area contributed by atoms with Gasteiger partial charge in [0.05, 0.1) is 22.6 Å². The molecule has 0 saturated heterocycles. The molecule has 0 radical (unpaired) electrons. The van der Waals surface area contributed by atoms with Crippen LogP contribution in [0.3, 0.4) is 0 Å². The molecule has 0 amide bonds. The topological polar surface area (TPSA) is 344 Å². The first-order chi connectivity index (χ1) is 40.4. The molecule has 1 aromatic heterocycles. The van der Waals surface area contributed by atoms with E-state index in [0.717, 1.165) is 62.0 Å². The number of aromatic amines is 1. The number of aromatic nitrogens is 1. The van der Waals surface area contributed by atoms with Crippen LogP contribution >= 0.6 is 0 Å². The van der Waals surface area contributed by atoms with E-state index in [2.05, 4.69) is 25.0 Å². The van der Waals surface area contributed by atoms with Crippen molar-refractivity contribution in [1.29, 1.82) is 0 Å². The van der Waals surface area contributed by atoms with Crippen LogP contribution in [0.5, 0.6) is 17.2 Å². The Labute approximate surface area is 491 Å². The van der Waals surface area contributed by atoms with Crippen molar-refractivity contribution in [1.82, 2.24) is 4.98 Å². The van der Waals surface area contributed by atoms with Crippen LogP contribution < -0.4 is 54.1 Å². The second-order valence-corrected chi connectivity index (χ2v) is 23.6. The van der Waals surface area contributed by atoms with Gasteiger partial charge in [0.2, 0.25) is 9.99 Å². The molecule has 9 aromatic rings. The van der Waals surface area contributed by atoms with Gasteiger partial charge in [-0.3, -0.25) is 9.52 Å². The molecule has 0 fully saturated rings. The Morgan fingerprint density at radius 2 is 0.977 bits per heavy atom. The molecule has 86 heavy (non-hydrogen) atoms. The van der Waals surface area contributed by atoms with Gasteiger partial charge in [-0.15, -0.1) is 0 Å². The van der Waals surface area contributed by atoms with Crippen molar-refractivity contribution >= 4 is 115 Å². The Bertz CT molecular complexity index is 4520. The fourth-order valence-electron chi connectivity index (χ4n) is 9.14. The maximum Gasteiger partial charge on any atom is 0.489 e. The van der Waals surface area contributed by atoms with Crippen molar-refractivity contribution in [2.45, 2.75) is 20.0 Å². The number of H-pyrrole nitrogens is 1. The minimum Gasteiger partial charge on any atom is -0.423 e. The van der Waals surface area contributed by atoms with Crippen molar-refractivity contribution in [3.63, 3.8) is 0 Å². The predicted molar refractivity (Wildman–Crippen MR) is 325 cm³/mol. The Kier molecular flexibility index (Phi) is 17.6. The molecule has 440 valence electrons. The van der Waals surface area contributed by atoms with E-state index in [4.69, 9.17) is 12.5 Å². The average Bonchev–Trinajstić information content (AvgIpc) is 1.90. The van der Waals surface area contributed by atoms with Crippen LogP contribution in [0.1, 0.15) is 16.7 Å². The zero-order valence-corrected chi connectivity index (χ0v) is 47.2. The van der Waals surface area contributed by atoms with E-state index in [1.807, 2.05) is 44.2 Å². The highest BCUT2D eigenvalue weighted by molar-refractivity contribution is 7.97. The van der Waals surface area contributed by atoms with E-state index >= 15 is 0 Å². The number of hydrogen-bond donors (Lipinski definition) is 12. The Balaban J connectivity index is 0.000000137. The summed E-state index contributed by atoms with van der Waals surface area (Å²) in [7, 11) is -17.3. The third-order valence-corrected chi connectivity index (χ3v) is 15.9. The lowest BCUT2D eigenvalue weighted by Crippen LogP contribution is -2.36. The van der Waals surface area contributed by atoms with E-state index in [1.54, 1.807) is 109 Å². The second-order valence-electron chi connectivity index (χ2n) is 19.4. The van der Waals surface area contributed by atoms with Gasteiger partial charge in [0.1, 0.15) is 0 Å². The third-order valence-electron chi connectivity index (χ3n) is 13.2. The fourth-order valence-corrected chi connectivity index (χ4v) is 11.8. The van der Waals surface area contributed by atoms with Gasteiger partial charge in [0, 0.05) is 17.5 Å². The highest BCUT2D eigenvalue weighted by Crippen LogP contribution is 2.40. The van der Waals surface area contributed by atoms with Gasteiger partial charge in [-0.2, -0.15) is 30.0 Å². The first kappa shape index (κ1) is 62.0. The van der Waals surface area contributed by atoms with Gasteiger partial charge < -0.3 is 57.7 Å². The summed E-state index contributed by atoms with van der Waals surface area (Å²) in [6.45, 7) is 3.72. The number of pyridine rings is 1. The number of anilines is 3. The fraction of sp³-hybridized carbons (Fsp3) is 0.0545. The number of benzene rings is 8. The number of hydrogen-bond acceptors (Lipinski definition) is 17. The SMILES string of the molecule is C=S1(=O)Nc2ccc(-c3ccc(C(F)(F)F)c(B(O)O)c3)cc2O1.Cc1cc(B(O)O)cc(-c2ccc3c(c2)OS(=O)(=O)N3)c1.Cc1ccc(B(O)O)cc1-c1ccc2c(c1)OS(=O)(=O)N2.O=c1[nH]ccc2cc(-c3cccc(B(O)O)c3)ccc12. The van der Waals surface area contributed by atoms with Crippen LogP contribution in [0.25, 0.3) is 55.3 Å². The van der Waals surface area contributed by atoms with E-state index in [1.165, 1.54) is 12.1 Å². The number of fused-ring (bicyclic) bond motifs is 4. The molecule has 12 N–H and O–H groups in total. The lowest BCUT2D eigenvalue weighted by molar-refractivity contribution is -0.136. The Morgan fingerprint density at radius 3 is 1.58 bits per heavy atom. The number of rotatable bonds is 8. The molecular weight excluding hydrogens is 1190 g/mol. The standard InChI is InChI=1S/C15H12BNO3.C14H11BF3NO4S.2C13H12BNO5S/c18-15-14-5-4-11(8-12(14)6-7-17-15)10-2-1-3-13(9-10)16(19)20;1-24(22)19-12-5-3-9(7-13(12)23-24)8-2-4-10(14(16,17)18)11(6-8)15(20)21;1-8-2-4-10(14(16)17)7-11(8)9-3-5-12-13(6-9)20-21(18,19)15-12;1-8-4-10(6-11(5-8)14(16)17)9-2-3-12-13(7-9)20-21(18,19)15-12/h1-9,19-20H,(H,17,18);2-7,20-21H,1H2,(H,19,22);2*2-7,15-17H,1H3. The minimum absolute atomic E-state index is 0.117. The zero-order chi connectivity index (χ0) is 62.2. The maximum atomic E-state index is 12.9. The molecule has 1 atom stereocenters. The van der Waals surface area contributed by atoms with Crippen LogP contribution in [0.4, 0.5) is 30.2 Å². The summed E-state index contributed by atoms with van der Waals surface area (Å²) in [5, 5.41) is 75.5. The largest absolute Gasteiger partial charge is 0.489 e. The van der Waals surface area contributed by atoms with Gasteiger partial charge in [-0.05, 0) is 152 Å². The molecule has 0 spiro atoms. The molecule has 0 bridgehead atoms. The summed E-state index contributed by atoms with van der Waals surface area (Å²) in [5.74, 6) is 4.06. The summed E-state index contributed by atoms with van der Waals surface area (Å²) in [6.07, 6.45) is -3.09. The molecule has 12 rings (SSSR count). The third kappa shape index (κ3) is 14.6. The van der Waals surface area contributed by atoms with Gasteiger partial charge in [-0.25, -0.2) is 13.7 Å². The van der Waals surface area contributed by atoms with Crippen molar-refractivity contribution in [2.24, 2.45) is 0 Å². The molecular formula is C55H47B4F3N4O17S3. The Morgan fingerprint density at radius 1 is 0.477 bits per heavy atom. The van der Waals surface area contributed by atoms with Crippen molar-refractivity contribution in [2.75, 3.05) is 14.2 Å². The van der Waals surface area contributed by atoms with E-state index in [-0.39, 0.29) is 22.8 Å². The average molecular weight is 1230 g/mol. The normalized spacial score (nSPS) is 15.2. The molecule has 1 unspecified atom stereocenters. The van der Waals surface area contributed by atoms with E-state index in [9.17, 15) is 79.2 Å². The second kappa shape index (κ2) is 24.4. The highest BCUT2D eigenvalue weighted by atomic mass is 32.2. The minimum atomic E-state index is -4.71. The summed E-state index contributed by atoms with van der Waals surface area (Å²) >= 11 is 0. The van der Waals surface area contributed by atoms with Crippen LogP contribution in [0.2, 0.25) is 0 Å². The van der Waals surface area contributed by atoms with Gasteiger partial charge in [-0.1, -0.05) is 103 Å². The summed E-state index contributed by atoms with van der Waals surface area (Å²) in [4.78, 5) is 14.3. The smallest absolute Gasteiger partial charge is 0.423 e. The van der Waals surface area contributed by atoms with Crippen molar-refractivity contribution in [3.8, 4) is 61.8 Å². The van der Waals surface area contributed by atoms with Crippen LogP contribution in [-0.4, -0.2) is 101 Å². The summed E-state index contributed by atoms with van der Waals surface area (Å²) in [5.41, 5.74) is 7.83. The van der Waals surface area contributed by atoms with Gasteiger partial charge >= 0.3 is 55.3 Å². The van der Waals surface area contributed by atoms with Crippen molar-refractivity contribution in [3.05, 3.63) is 191 Å². The maximum absolute atomic E-state index is 12.9. The Hall–Kier alpha value is -8.58. The van der Waals surface area contributed by atoms with Crippen LogP contribution in [-0.2, 0) is 36.8 Å². The molecule has 31 heteroatoms. The molecule has 4 heterocycles. The number of halogens is 3. The number of nitrogens with one attached hydrogen (secondary N) is 4. The number of alkyl halides is 3. The molecule has 21 nitrogen and oxygen atoms in total. The summed E-state index contributed by atoms with van der Waals surface area (Å²) < 4.78 is 118. The molecule has 0 aliphatic carbocycles. The van der Waals surface area contributed by atoms with Gasteiger partial charge in [0.25, 0.3) is 5.56 Å². The lowest BCUT2D eigenvalue weighted by Gasteiger charge is -2.14. The van der Waals surface area contributed by atoms with Crippen LogP contribution in [0.15, 0.2) is 169 Å². The van der Waals surface area contributed by atoms with Crippen molar-refractivity contribution < 1.29 is 87.0 Å². The molecule has 0 saturated carbocycles. The first-order valence-electron chi connectivity index (χ1n) is 25.2. The van der Waals surface area contributed by atoms with E-state index < -0.39 is 76.3 Å². The summed E-state index contributed by atoms with van der Waals surface area (Å²) in [6, 6.07) is 42.1. The number of aryl methyl sites for hydroxylation is 2. The van der Waals surface area contributed by atoms with Crippen LogP contribution in [0, 0.1) is 13.8 Å². The monoisotopic (exact) mass is 1230 g/mol. The predicted octanol–water partition coefficient (Wildman–Crippen LogP) is 3.06. The zero-order valence-electron chi connectivity index (χ0n) is 44.7. The van der Waals surface area contributed by atoms with Gasteiger partial charge in [0.15, 0.2) is 17.2 Å². The van der Waals surface area contributed by atoms with E-state index in [0.29, 0.717) is 50.0 Å². The molecule has 3 aliphatic rings. The quantitative estimate of drug-likeness (QED) is 0.0768. The lowest BCUT2D eigenvalue weighted by atomic mass is 9.75. The highest BCUT2D eigenvalue weighted by Gasteiger charge is 2.37. The molecule has 8 aromatic carbocycles. The molecule has 3 aliphatic heterocycles. The first-order valence-corrected chi connectivity index (χ1v) is 29.7.